The van der Waals surface area contributed by atoms with E-state index in [0.717, 1.165) is 5.56 Å². The number of hydrogen-bond acceptors (Lipinski definition) is 2. The Balaban J connectivity index is 2.43. The number of nitrogens with two attached hydrogens (primary N) is 1. The van der Waals surface area contributed by atoms with Crippen LogP contribution >= 0.6 is 15.9 Å². The van der Waals surface area contributed by atoms with Gasteiger partial charge in [0, 0.05) is 6.54 Å². The number of rotatable bonds is 4. The molecule has 0 bridgehead atoms. The van der Waals surface area contributed by atoms with Crippen molar-refractivity contribution in [1.29, 1.82) is 0 Å². The number of hydrogen-bond donors (Lipinski definition) is 2. The Labute approximate surface area is 102 Å². The normalized spacial score (nSPS) is 12.2. The Kier molecular flexibility index (Phi) is 4.89. The summed E-state index contributed by atoms with van der Waals surface area (Å²) in [4.78, 5) is 11.1. The van der Waals surface area contributed by atoms with Crippen LogP contribution in [0.25, 0.3) is 0 Å². The van der Waals surface area contributed by atoms with Crippen LogP contribution in [0.5, 0.6) is 0 Å². The zero-order valence-electron chi connectivity index (χ0n) is 8.97. The number of carbonyl (C=O) groups is 1. The second kappa shape index (κ2) is 5.96. The molecule has 0 fully saturated rings. The van der Waals surface area contributed by atoms with E-state index in [9.17, 15) is 9.18 Å². The van der Waals surface area contributed by atoms with Crippen molar-refractivity contribution in [2.45, 2.75) is 19.4 Å². The van der Waals surface area contributed by atoms with E-state index in [4.69, 9.17) is 5.73 Å². The molecule has 88 valence electrons. The van der Waals surface area contributed by atoms with Gasteiger partial charge in [-0.1, -0.05) is 6.07 Å². The number of halogens is 2. The summed E-state index contributed by atoms with van der Waals surface area (Å²) < 4.78 is 13.4. The van der Waals surface area contributed by atoms with Crippen LogP contribution in [0.15, 0.2) is 22.7 Å². The van der Waals surface area contributed by atoms with E-state index in [1.165, 1.54) is 6.07 Å². The minimum absolute atomic E-state index is 0.179. The molecule has 0 aliphatic rings. The van der Waals surface area contributed by atoms with Gasteiger partial charge in [-0.25, -0.2) is 4.39 Å². The molecule has 0 unspecified atom stereocenters. The van der Waals surface area contributed by atoms with E-state index in [1.807, 2.05) is 0 Å². The molecule has 0 aliphatic heterocycles. The molecule has 0 aliphatic carbocycles. The largest absolute Gasteiger partial charge is 0.354 e. The molecule has 0 heterocycles. The van der Waals surface area contributed by atoms with Crippen LogP contribution < -0.4 is 11.1 Å². The standard InChI is InChI=1S/C11H14BrFN2O/c1-7(14)11(16)15-5-4-8-2-3-10(13)9(12)6-8/h2-3,6-7H,4-5,14H2,1H3,(H,15,16)/t7-/m0/s1. The molecular formula is C11H14BrFN2O. The molecule has 1 aromatic rings. The molecule has 3 N–H and O–H groups in total. The zero-order chi connectivity index (χ0) is 12.1. The van der Waals surface area contributed by atoms with E-state index >= 15 is 0 Å². The van der Waals surface area contributed by atoms with Gasteiger partial charge in [-0.05, 0) is 47.0 Å². The van der Waals surface area contributed by atoms with Gasteiger partial charge in [0.25, 0.3) is 0 Å². The first-order valence-corrected chi connectivity index (χ1v) is 5.77. The summed E-state index contributed by atoms with van der Waals surface area (Å²) in [5, 5.41) is 2.69. The predicted molar refractivity (Wildman–Crippen MR) is 64.5 cm³/mol. The third kappa shape index (κ3) is 3.90. The van der Waals surface area contributed by atoms with E-state index < -0.39 is 6.04 Å². The molecule has 0 saturated carbocycles. The van der Waals surface area contributed by atoms with Crippen LogP contribution in [0.4, 0.5) is 4.39 Å². The smallest absolute Gasteiger partial charge is 0.236 e. The highest BCUT2D eigenvalue weighted by atomic mass is 79.9. The topological polar surface area (TPSA) is 55.1 Å². The monoisotopic (exact) mass is 288 g/mol. The van der Waals surface area contributed by atoms with E-state index in [1.54, 1.807) is 19.1 Å². The third-order valence-electron chi connectivity index (χ3n) is 2.11. The van der Waals surface area contributed by atoms with Crippen LogP contribution in [0.1, 0.15) is 12.5 Å². The minimum Gasteiger partial charge on any atom is -0.354 e. The number of nitrogens with one attached hydrogen (secondary N) is 1. The maximum atomic E-state index is 12.9. The Hall–Kier alpha value is -0.940. The Bertz CT molecular complexity index is 382. The average molecular weight is 289 g/mol. The van der Waals surface area contributed by atoms with Crippen LogP contribution in [-0.2, 0) is 11.2 Å². The summed E-state index contributed by atoms with van der Waals surface area (Å²) >= 11 is 3.11. The van der Waals surface area contributed by atoms with Crippen LogP contribution in [0.3, 0.4) is 0 Å². The van der Waals surface area contributed by atoms with Crippen LogP contribution in [0, 0.1) is 5.82 Å². The number of benzene rings is 1. The fraction of sp³-hybridized carbons (Fsp3) is 0.364. The third-order valence-corrected chi connectivity index (χ3v) is 2.72. The molecule has 0 saturated heterocycles. The van der Waals surface area contributed by atoms with Crippen molar-refractivity contribution in [1.82, 2.24) is 5.32 Å². The lowest BCUT2D eigenvalue weighted by Crippen LogP contribution is -2.39. The molecule has 1 rings (SSSR count). The number of amides is 1. The van der Waals surface area contributed by atoms with Crippen molar-refractivity contribution < 1.29 is 9.18 Å². The first-order chi connectivity index (χ1) is 7.50. The lowest BCUT2D eigenvalue weighted by atomic mass is 10.1. The molecule has 0 aromatic heterocycles. The number of carbonyl (C=O) groups excluding carboxylic acids is 1. The van der Waals surface area contributed by atoms with Gasteiger partial charge in [0.2, 0.25) is 5.91 Å². The summed E-state index contributed by atoms with van der Waals surface area (Å²) in [6.45, 7) is 2.13. The van der Waals surface area contributed by atoms with E-state index in [-0.39, 0.29) is 11.7 Å². The first kappa shape index (κ1) is 13.1. The molecule has 3 nitrogen and oxygen atoms in total. The lowest BCUT2D eigenvalue weighted by molar-refractivity contribution is -0.121. The van der Waals surface area contributed by atoms with Gasteiger partial charge < -0.3 is 11.1 Å². The molecule has 1 atom stereocenters. The molecular weight excluding hydrogens is 275 g/mol. The molecule has 16 heavy (non-hydrogen) atoms. The van der Waals surface area contributed by atoms with Crippen molar-refractivity contribution in [2.24, 2.45) is 5.73 Å². The fourth-order valence-corrected chi connectivity index (χ4v) is 1.61. The minimum atomic E-state index is -0.500. The maximum Gasteiger partial charge on any atom is 0.236 e. The molecule has 0 radical (unpaired) electrons. The molecule has 1 aromatic carbocycles. The predicted octanol–water partition coefficient (Wildman–Crippen LogP) is 1.59. The highest BCUT2D eigenvalue weighted by molar-refractivity contribution is 9.10. The van der Waals surface area contributed by atoms with Crippen LogP contribution in [0.2, 0.25) is 0 Å². The lowest BCUT2D eigenvalue weighted by Gasteiger charge is -2.07. The average Bonchev–Trinajstić information content (AvgIpc) is 2.23. The first-order valence-electron chi connectivity index (χ1n) is 4.98. The fourth-order valence-electron chi connectivity index (χ4n) is 1.19. The SMILES string of the molecule is C[C@H](N)C(=O)NCCc1ccc(F)c(Br)c1. The molecule has 5 heteroatoms. The quantitative estimate of drug-likeness (QED) is 0.884. The van der Waals surface area contributed by atoms with Gasteiger partial charge in [-0.15, -0.1) is 0 Å². The summed E-state index contributed by atoms with van der Waals surface area (Å²) in [5.41, 5.74) is 6.35. The van der Waals surface area contributed by atoms with Gasteiger partial charge in [0.05, 0.1) is 10.5 Å². The maximum absolute atomic E-state index is 12.9. The summed E-state index contributed by atoms with van der Waals surface area (Å²) in [6.07, 6.45) is 0.650. The second-order valence-corrected chi connectivity index (χ2v) is 4.43. The van der Waals surface area contributed by atoms with Crippen molar-refractivity contribution in [2.75, 3.05) is 6.54 Å². The van der Waals surface area contributed by atoms with Crippen molar-refractivity contribution in [3.05, 3.63) is 34.1 Å². The van der Waals surface area contributed by atoms with Crippen molar-refractivity contribution in [3.63, 3.8) is 0 Å². The highest BCUT2D eigenvalue weighted by Crippen LogP contribution is 2.16. The summed E-state index contributed by atoms with van der Waals surface area (Å²) in [5.74, 6) is -0.468. The van der Waals surface area contributed by atoms with Gasteiger partial charge in [-0.3, -0.25) is 4.79 Å². The van der Waals surface area contributed by atoms with Gasteiger partial charge in [0.15, 0.2) is 0 Å². The molecule has 0 spiro atoms. The Morgan fingerprint density at radius 1 is 1.62 bits per heavy atom. The highest BCUT2D eigenvalue weighted by Gasteiger charge is 2.06. The Morgan fingerprint density at radius 2 is 2.31 bits per heavy atom. The van der Waals surface area contributed by atoms with E-state index in [2.05, 4.69) is 21.2 Å². The van der Waals surface area contributed by atoms with Crippen molar-refractivity contribution >= 4 is 21.8 Å². The van der Waals surface area contributed by atoms with Gasteiger partial charge in [-0.2, -0.15) is 0 Å². The second-order valence-electron chi connectivity index (χ2n) is 3.58. The molecule has 1 amide bonds. The van der Waals surface area contributed by atoms with Gasteiger partial charge in [0.1, 0.15) is 5.82 Å². The zero-order valence-corrected chi connectivity index (χ0v) is 10.6. The Morgan fingerprint density at radius 3 is 2.88 bits per heavy atom. The van der Waals surface area contributed by atoms with Crippen molar-refractivity contribution in [3.8, 4) is 0 Å². The summed E-state index contributed by atoms with van der Waals surface area (Å²) in [6, 6.07) is 4.29. The van der Waals surface area contributed by atoms with Gasteiger partial charge >= 0.3 is 0 Å². The van der Waals surface area contributed by atoms with E-state index in [0.29, 0.717) is 17.4 Å². The van der Waals surface area contributed by atoms with Crippen LogP contribution in [-0.4, -0.2) is 18.5 Å². The summed E-state index contributed by atoms with van der Waals surface area (Å²) in [7, 11) is 0.